The minimum Gasteiger partial charge on any atom is -0.493 e. The van der Waals surface area contributed by atoms with Crippen molar-refractivity contribution in [1.29, 1.82) is 0 Å². The highest BCUT2D eigenvalue weighted by molar-refractivity contribution is 5.91. The standard InChI is InChI=1S/C21H25NO4/c1-24-18-11-15-13-22(20(23)17-7-6-10-26-17)14-21(8-4-3-5-9-21)16(15)12-19(18)25-2/h6-7,10-12H,3-5,8-9,13-14H2,1-2H3. The van der Waals surface area contributed by atoms with Gasteiger partial charge in [-0.25, -0.2) is 0 Å². The minimum absolute atomic E-state index is 0.00631. The molecular weight excluding hydrogens is 330 g/mol. The van der Waals surface area contributed by atoms with Crippen LogP contribution >= 0.6 is 0 Å². The van der Waals surface area contributed by atoms with Crippen molar-refractivity contribution in [3.05, 3.63) is 47.4 Å². The summed E-state index contributed by atoms with van der Waals surface area (Å²) in [5, 5.41) is 0. The van der Waals surface area contributed by atoms with Crippen LogP contribution in [0.15, 0.2) is 34.9 Å². The number of rotatable bonds is 3. The maximum Gasteiger partial charge on any atom is 0.289 e. The molecule has 2 heterocycles. The molecule has 2 aromatic rings. The van der Waals surface area contributed by atoms with E-state index in [1.54, 1.807) is 32.6 Å². The van der Waals surface area contributed by atoms with Crippen molar-refractivity contribution in [2.45, 2.75) is 44.1 Å². The van der Waals surface area contributed by atoms with Gasteiger partial charge in [-0.15, -0.1) is 0 Å². The summed E-state index contributed by atoms with van der Waals surface area (Å²) in [5.74, 6) is 1.84. The molecule has 1 aromatic heterocycles. The highest BCUT2D eigenvalue weighted by Crippen LogP contribution is 2.47. The first kappa shape index (κ1) is 17.0. The Morgan fingerprint density at radius 3 is 2.50 bits per heavy atom. The van der Waals surface area contributed by atoms with E-state index < -0.39 is 0 Å². The molecule has 5 heteroatoms. The molecule has 1 aliphatic heterocycles. The van der Waals surface area contributed by atoms with Gasteiger partial charge in [0.15, 0.2) is 17.3 Å². The lowest BCUT2D eigenvalue weighted by molar-refractivity contribution is 0.0603. The summed E-state index contributed by atoms with van der Waals surface area (Å²) < 4.78 is 16.4. The molecule has 0 atom stereocenters. The summed E-state index contributed by atoms with van der Waals surface area (Å²) in [6.07, 6.45) is 7.38. The van der Waals surface area contributed by atoms with E-state index in [1.807, 2.05) is 11.0 Å². The van der Waals surface area contributed by atoms with Crippen molar-refractivity contribution in [3.63, 3.8) is 0 Å². The number of benzene rings is 1. The second kappa shape index (κ2) is 6.71. The van der Waals surface area contributed by atoms with Crippen molar-refractivity contribution in [2.24, 2.45) is 0 Å². The molecule has 1 aromatic carbocycles. The van der Waals surface area contributed by atoms with Crippen LogP contribution in [0.4, 0.5) is 0 Å². The van der Waals surface area contributed by atoms with Crippen molar-refractivity contribution >= 4 is 5.91 Å². The van der Waals surface area contributed by atoms with E-state index in [4.69, 9.17) is 13.9 Å². The number of amides is 1. The zero-order chi connectivity index (χ0) is 18.1. The largest absolute Gasteiger partial charge is 0.493 e. The Morgan fingerprint density at radius 2 is 1.85 bits per heavy atom. The Morgan fingerprint density at radius 1 is 1.12 bits per heavy atom. The molecule has 0 saturated heterocycles. The van der Waals surface area contributed by atoms with Gasteiger partial charge < -0.3 is 18.8 Å². The monoisotopic (exact) mass is 355 g/mol. The van der Waals surface area contributed by atoms with Crippen LogP contribution in [-0.4, -0.2) is 31.6 Å². The molecule has 0 bridgehead atoms. The molecule has 1 saturated carbocycles. The smallest absolute Gasteiger partial charge is 0.289 e. The molecule has 0 radical (unpaired) electrons. The molecule has 138 valence electrons. The number of hydrogen-bond acceptors (Lipinski definition) is 4. The lowest BCUT2D eigenvalue weighted by Crippen LogP contribution is -2.49. The summed E-state index contributed by atoms with van der Waals surface area (Å²) >= 11 is 0. The minimum atomic E-state index is -0.0413. The first-order valence-corrected chi connectivity index (χ1v) is 9.25. The summed E-state index contributed by atoms with van der Waals surface area (Å²) in [7, 11) is 3.32. The predicted octanol–water partition coefficient (Wildman–Crippen LogP) is 4.15. The number of methoxy groups -OCH3 is 2. The Bertz CT molecular complexity index is 791. The van der Waals surface area contributed by atoms with Gasteiger partial charge in [-0.1, -0.05) is 19.3 Å². The molecule has 1 amide bonds. The second-order valence-corrected chi connectivity index (χ2v) is 7.34. The molecule has 1 spiro atoms. The predicted molar refractivity (Wildman–Crippen MR) is 97.8 cm³/mol. The molecule has 2 aliphatic rings. The van der Waals surface area contributed by atoms with Crippen LogP contribution < -0.4 is 9.47 Å². The number of carbonyl (C=O) groups is 1. The molecule has 1 aliphatic carbocycles. The lowest BCUT2D eigenvalue weighted by atomic mass is 9.66. The van der Waals surface area contributed by atoms with Gasteiger partial charge >= 0.3 is 0 Å². The third kappa shape index (κ3) is 2.75. The summed E-state index contributed by atoms with van der Waals surface area (Å²) in [4.78, 5) is 14.9. The highest BCUT2D eigenvalue weighted by Gasteiger charge is 2.43. The average Bonchev–Trinajstić information content (AvgIpc) is 3.21. The number of ether oxygens (including phenoxy) is 2. The topological polar surface area (TPSA) is 51.9 Å². The van der Waals surface area contributed by atoms with E-state index in [2.05, 4.69) is 6.07 Å². The molecular formula is C21H25NO4. The van der Waals surface area contributed by atoms with Gasteiger partial charge in [0.25, 0.3) is 5.91 Å². The Balaban J connectivity index is 1.78. The number of furan rings is 1. The van der Waals surface area contributed by atoms with Crippen LogP contribution in [0.1, 0.15) is 53.8 Å². The molecule has 26 heavy (non-hydrogen) atoms. The number of nitrogens with zero attached hydrogens (tertiary/aromatic N) is 1. The van der Waals surface area contributed by atoms with Crippen LogP contribution in [0, 0.1) is 0 Å². The van der Waals surface area contributed by atoms with Gasteiger partial charge in [0.1, 0.15) is 0 Å². The van der Waals surface area contributed by atoms with Crippen LogP contribution in [-0.2, 0) is 12.0 Å². The molecule has 0 N–H and O–H groups in total. The normalized spacial score (nSPS) is 18.5. The van der Waals surface area contributed by atoms with E-state index in [-0.39, 0.29) is 11.3 Å². The second-order valence-electron chi connectivity index (χ2n) is 7.34. The van der Waals surface area contributed by atoms with Crippen molar-refractivity contribution < 1.29 is 18.7 Å². The van der Waals surface area contributed by atoms with Gasteiger partial charge in [-0.05, 0) is 48.2 Å². The van der Waals surface area contributed by atoms with Crippen LogP contribution in [0.5, 0.6) is 11.5 Å². The maximum absolute atomic E-state index is 13.0. The van der Waals surface area contributed by atoms with Gasteiger partial charge in [0, 0.05) is 18.5 Å². The van der Waals surface area contributed by atoms with Crippen LogP contribution in [0.2, 0.25) is 0 Å². The SMILES string of the molecule is COc1cc2c(cc1OC)C1(CCCCC1)CN(C(=O)c1ccco1)C2. The fraction of sp³-hybridized carbons (Fsp3) is 0.476. The quantitative estimate of drug-likeness (QED) is 0.830. The molecule has 0 unspecified atom stereocenters. The zero-order valence-electron chi connectivity index (χ0n) is 15.4. The number of carbonyl (C=O) groups excluding carboxylic acids is 1. The Kier molecular flexibility index (Phi) is 4.39. The average molecular weight is 355 g/mol. The van der Waals surface area contributed by atoms with Gasteiger partial charge in [-0.3, -0.25) is 4.79 Å². The van der Waals surface area contributed by atoms with Crippen LogP contribution in [0.3, 0.4) is 0 Å². The number of fused-ring (bicyclic) bond motifs is 2. The first-order chi connectivity index (χ1) is 12.7. The fourth-order valence-corrected chi connectivity index (χ4v) is 4.61. The molecule has 5 nitrogen and oxygen atoms in total. The highest BCUT2D eigenvalue weighted by atomic mass is 16.5. The van der Waals surface area contributed by atoms with Crippen molar-refractivity contribution in [2.75, 3.05) is 20.8 Å². The molecule has 4 rings (SSSR count). The zero-order valence-corrected chi connectivity index (χ0v) is 15.4. The summed E-state index contributed by atoms with van der Waals surface area (Å²) in [6, 6.07) is 7.66. The Labute approximate surface area is 153 Å². The fourth-order valence-electron chi connectivity index (χ4n) is 4.61. The van der Waals surface area contributed by atoms with Crippen molar-refractivity contribution in [1.82, 2.24) is 4.90 Å². The molecule has 1 fully saturated rings. The van der Waals surface area contributed by atoms with E-state index >= 15 is 0 Å². The van der Waals surface area contributed by atoms with Crippen LogP contribution in [0.25, 0.3) is 0 Å². The van der Waals surface area contributed by atoms with Gasteiger partial charge in [0.2, 0.25) is 0 Å². The third-order valence-corrected chi connectivity index (χ3v) is 5.87. The van der Waals surface area contributed by atoms with Crippen molar-refractivity contribution in [3.8, 4) is 11.5 Å². The Hall–Kier alpha value is -2.43. The number of hydrogen-bond donors (Lipinski definition) is 0. The van der Waals surface area contributed by atoms with E-state index in [1.165, 1.54) is 24.8 Å². The van der Waals surface area contributed by atoms with Gasteiger partial charge in [-0.2, -0.15) is 0 Å². The van der Waals surface area contributed by atoms with Gasteiger partial charge in [0.05, 0.1) is 20.5 Å². The first-order valence-electron chi connectivity index (χ1n) is 9.25. The third-order valence-electron chi connectivity index (χ3n) is 5.87. The summed E-state index contributed by atoms with van der Waals surface area (Å²) in [6.45, 7) is 1.30. The lowest BCUT2D eigenvalue weighted by Gasteiger charge is -2.46. The summed E-state index contributed by atoms with van der Waals surface area (Å²) in [5.41, 5.74) is 2.46. The van der Waals surface area contributed by atoms with E-state index in [0.29, 0.717) is 18.1 Å². The van der Waals surface area contributed by atoms with E-state index in [9.17, 15) is 4.79 Å². The van der Waals surface area contributed by atoms with E-state index in [0.717, 1.165) is 30.7 Å². The maximum atomic E-state index is 13.0.